The first-order chi connectivity index (χ1) is 8.61. The van der Waals surface area contributed by atoms with Crippen LogP contribution in [0.3, 0.4) is 0 Å². The summed E-state index contributed by atoms with van der Waals surface area (Å²) in [4.78, 5) is 22.2. The van der Waals surface area contributed by atoms with Crippen molar-refractivity contribution in [2.24, 2.45) is 5.73 Å². The summed E-state index contributed by atoms with van der Waals surface area (Å²) in [5.41, 5.74) is 5.43. The Morgan fingerprint density at radius 2 is 2.22 bits per heavy atom. The summed E-state index contributed by atoms with van der Waals surface area (Å²) < 4.78 is 10.5. The summed E-state index contributed by atoms with van der Waals surface area (Å²) in [6.07, 6.45) is 0. The van der Waals surface area contributed by atoms with E-state index in [0.29, 0.717) is 11.3 Å². The highest BCUT2D eigenvalue weighted by molar-refractivity contribution is 5.98. The molecule has 3 N–H and O–H groups in total. The van der Waals surface area contributed by atoms with Crippen molar-refractivity contribution in [2.75, 3.05) is 13.7 Å². The van der Waals surface area contributed by atoms with Crippen LogP contribution in [0.1, 0.15) is 10.6 Å². The van der Waals surface area contributed by atoms with E-state index in [1.807, 2.05) is 0 Å². The Morgan fingerprint density at radius 1 is 1.44 bits per heavy atom. The van der Waals surface area contributed by atoms with Crippen LogP contribution in [0, 0.1) is 0 Å². The molecule has 1 heterocycles. The lowest BCUT2D eigenvalue weighted by molar-refractivity contribution is -0.117. The van der Waals surface area contributed by atoms with Gasteiger partial charge in [-0.25, -0.2) is 0 Å². The first kappa shape index (κ1) is 12.0. The van der Waals surface area contributed by atoms with E-state index in [2.05, 4.69) is 5.32 Å². The molecule has 94 valence electrons. The number of methoxy groups -OCH3 is 1. The molecular formula is C12H12N2O4. The second-order valence-corrected chi connectivity index (χ2v) is 3.64. The number of carbonyl (C=O) groups excluding carboxylic acids is 2. The van der Waals surface area contributed by atoms with E-state index in [1.54, 1.807) is 24.3 Å². The molecule has 0 aliphatic rings. The molecule has 0 unspecified atom stereocenters. The standard InChI is InChI=1S/C12H12N2O4/c1-17-8-4-2-3-7-5-9(18-11(7)8)12(16)14-6-10(13)15/h2-5H,6H2,1H3,(H2,13,15)(H,14,16). The highest BCUT2D eigenvalue weighted by Gasteiger charge is 2.14. The Morgan fingerprint density at radius 3 is 2.89 bits per heavy atom. The number of fused-ring (bicyclic) bond motifs is 1. The number of hydrogen-bond donors (Lipinski definition) is 2. The Labute approximate surface area is 103 Å². The number of ether oxygens (including phenoxy) is 1. The average Bonchev–Trinajstić information content (AvgIpc) is 2.79. The van der Waals surface area contributed by atoms with Gasteiger partial charge in [0, 0.05) is 5.39 Å². The second kappa shape index (κ2) is 4.79. The van der Waals surface area contributed by atoms with Crippen molar-refractivity contribution >= 4 is 22.8 Å². The third-order valence-electron chi connectivity index (χ3n) is 2.37. The second-order valence-electron chi connectivity index (χ2n) is 3.64. The van der Waals surface area contributed by atoms with Gasteiger partial charge in [0.25, 0.3) is 5.91 Å². The molecule has 0 aliphatic carbocycles. The smallest absolute Gasteiger partial charge is 0.287 e. The number of benzene rings is 1. The number of rotatable bonds is 4. The van der Waals surface area contributed by atoms with E-state index in [9.17, 15) is 9.59 Å². The molecule has 2 amide bonds. The van der Waals surface area contributed by atoms with Gasteiger partial charge in [-0.1, -0.05) is 12.1 Å². The number of nitrogens with two attached hydrogens (primary N) is 1. The molecule has 0 bridgehead atoms. The van der Waals surface area contributed by atoms with Crippen molar-refractivity contribution in [1.29, 1.82) is 0 Å². The number of furan rings is 1. The molecule has 0 fully saturated rings. The number of primary amides is 1. The van der Waals surface area contributed by atoms with Gasteiger partial charge in [-0.3, -0.25) is 9.59 Å². The summed E-state index contributed by atoms with van der Waals surface area (Å²) in [5.74, 6) is -0.457. The largest absolute Gasteiger partial charge is 0.493 e. The van der Waals surface area contributed by atoms with Gasteiger partial charge in [0.15, 0.2) is 17.1 Å². The normalized spacial score (nSPS) is 10.3. The fourth-order valence-corrected chi connectivity index (χ4v) is 1.56. The maximum Gasteiger partial charge on any atom is 0.287 e. The lowest BCUT2D eigenvalue weighted by Gasteiger charge is -1.99. The number of amides is 2. The minimum absolute atomic E-state index is 0.107. The maximum absolute atomic E-state index is 11.7. The minimum Gasteiger partial charge on any atom is -0.493 e. The van der Waals surface area contributed by atoms with Crippen LogP contribution in [-0.4, -0.2) is 25.5 Å². The predicted molar refractivity (Wildman–Crippen MR) is 64.3 cm³/mol. The first-order valence-electron chi connectivity index (χ1n) is 5.25. The van der Waals surface area contributed by atoms with Crippen molar-refractivity contribution in [3.05, 3.63) is 30.0 Å². The van der Waals surface area contributed by atoms with Crippen LogP contribution in [0.15, 0.2) is 28.7 Å². The fraction of sp³-hybridized carbons (Fsp3) is 0.167. The number of nitrogens with one attached hydrogen (secondary N) is 1. The monoisotopic (exact) mass is 248 g/mol. The van der Waals surface area contributed by atoms with E-state index >= 15 is 0 Å². The molecule has 0 spiro atoms. The van der Waals surface area contributed by atoms with Crippen molar-refractivity contribution in [1.82, 2.24) is 5.32 Å². The molecule has 18 heavy (non-hydrogen) atoms. The van der Waals surface area contributed by atoms with Gasteiger partial charge in [0.2, 0.25) is 5.91 Å². The topological polar surface area (TPSA) is 94.6 Å². The van der Waals surface area contributed by atoms with E-state index in [4.69, 9.17) is 14.9 Å². The summed E-state index contributed by atoms with van der Waals surface area (Å²) in [6, 6.07) is 6.90. The van der Waals surface area contributed by atoms with Gasteiger partial charge < -0.3 is 20.2 Å². The molecule has 0 saturated heterocycles. The van der Waals surface area contributed by atoms with Crippen LogP contribution in [0.2, 0.25) is 0 Å². The van der Waals surface area contributed by atoms with Crippen LogP contribution >= 0.6 is 0 Å². The minimum atomic E-state index is -0.614. The summed E-state index contributed by atoms with van der Waals surface area (Å²) in [6.45, 7) is -0.229. The SMILES string of the molecule is COc1cccc2cc(C(=O)NCC(N)=O)oc12. The Kier molecular flexibility index (Phi) is 3.18. The van der Waals surface area contributed by atoms with Gasteiger partial charge in [-0.05, 0) is 12.1 Å². The third kappa shape index (κ3) is 2.27. The molecule has 1 aromatic carbocycles. The molecule has 6 heteroatoms. The molecule has 1 aromatic heterocycles. The zero-order chi connectivity index (χ0) is 13.1. The van der Waals surface area contributed by atoms with Crippen LogP contribution < -0.4 is 15.8 Å². The third-order valence-corrected chi connectivity index (χ3v) is 2.37. The molecule has 6 nitrogen and oxygen atoms in total. The molecular weight excluding hydrogens is 236 g/mol. The quantitative estimate of drug-likeness (QED) is 0.830. The lowest BCUT2D eigenvalue weighted by atomic mass is 10.2. The van der Waals surface area contributed by atoms with Crippen molar-refractivity contribution in [3.8, 4) is 5.75 Å². The zero-order valence-electron chi connectivity index (χ0n) is 9.73. The van der Waals surface area contributed by atoms with Crippen molar-refractivity contribution < 1.29 is 18.7 Å². The Balaban J connectivity index is 2.29. The van der Waals surface area contributed by atoms with E-state index in [1.165, 1.54) is 7.11 Å². The van der Waals surface area contributed by atoms with Gasteiger partial charge in [-0.2, -0.15) is 0 Å². The van der Waals surface area contributed by atoms with Gasteiger partial charge in [0.05, 0.1) is 13.7 Å². The Bertz CT molecular complexity index is 603. The van der Waals surface area contributed by atoms with Crippen molar-refractivity contribution in [3.63, 3.8) is 0 Å². The van der Waals surface area contributed by atoms with E-state index in [-0.39, 0.29) is 12.3 Å². The van der Waals surface area contributed by atoms with Crippen LogP contribution in [0.25, 0.3) is 11.0 Å². The number of para-hydroxylation sites is 1. The molecule has 2 aromatic rings. The highest BCUT2D eigenvalue weighted by atomic mass is 16.5. The average molecular weight is 248 g/mol. The molecule has 2 rings (SSSR count). The summed E-state index contributed by atoms with van der Waals surface area (Å²) >= 11 is 0. The number of carbonyl (C=O) groups is 2. The fourth-order valence-electron chi connectivity index (χ4n) is 1.56. The molecule has 0 saturated carbocycles. The van der Waals surface area contributed by atoms with Gasteiger partial charge >= 0.3 is 0 Å². The van der Waals surface area contributed by atoms with Crippen molar-refractivity contribution in [2.45, 2.75) is 0 Å². The van der Waals surface area contributed by atoms with Crippen LogP contribution in [-0.2, 0) is 4.79 Å². The zero-order valence-corrected chi connectivity index (χ0v) is 9.73. The van der Waals surface area contributed by atoms with Crippen LogP contribution in [0.5, 0.6) is 5.75 Å². The first-order valence-corrected chi connectivity index (χ1v) is 5.25. The van der Waals surface area contributed by atoms with E-state index < -0.39 is 11.8 Å². The van der Waals surface area contributed by atoms with Crippen LogP contribution in [0.4, 0.5) is 0 Å². The highest BCUT2D eigenvalue weighted by Crippen LogP contribution is 2.28. The lowest BCUT2D eigenvalue weighted by Crippen LogP contribution is -2.33. The summed E-state index contributed by atoms with van der Waals surface area (Å²) in [5, 5.41) is 3.10. The van der Waals surface area contributed by atoms with Gasteiger partial charge in [-0.15, -0.1) is 0 Å². The number of hydrogen-bond acceptors (Lipinski definition) is 4. The summed E-state index contributed by atoms with van der Waals surface area (Å²) in [7, 11) is 1.52. The Hall–Kier alpha value is -2.50. The van der Waals surface area contributed by atoms with E-state index in [0.717, 1.165) is 5.39 Å². The molecule has 0 atom stereocenters. The molecule has 0 aliphatic heterocycles. The maximum atomic E-state index is 11.7. The molecule has 0 radical (unpaired) electrons. The van der Waals surface area contributed by atoms with Gasteiger partial charge in [0.1, 0.15) is 0 Å². The predicted octanol–water partition coefficient (Wildman–Crippen LogP) is 0.656.